The lowest BCUT2D eigenvalue weighted by molar-refractivity contribution is -0.865. The van der Waals surface area contributed by atoms with Gasteiger partial charge >= 0.3 is 0 Å². The molecule has 1 aromatic carbocycles. The number of piperazine rings is 1. The molecule has 0 radical (unpaired) electrons. The summed E-state index contributed by atoms with van der Waals surface area (Å²) in [6.45, 7) is 6.32. The van der Waals surface area contributed by atoms with Gasteiger partial charge in [-0.25, -0.2) is 0 Å². The van der Waals surface area contributed by atoms with Gasteiger partial charge in [0.1, 0.15) is 0 Å². The van der Waals surface area contributed by atoms with Gasteiger partial charge in [0.25, 0.3) is 0 Å². The van der Waals surface area contributed by atoms with Crippen LogP contribution >= 0.6 is 0 Å². The van der Waals surface area contributed by atoms with Gasteiger partial charge in [-0.3, -0.25) is 4.90 Å². The molecule has 88 valence electrons. The molecule has 1 aliphatic heterocycles. The van der Waals surface area contributed by atoms with Crippen molar-refractivity contribution in [3.63, 3.8) is 0 Å². The van der Waals surface area contributed by atoms with Gasteiger partial charge in [-0.05, 0) is 12.5 Å². The largest absolute Gasteiger partial charge is 0.633 e. The molecule has 3 heteroatoms. The van der Waals surface area contributed by atoms with Crippen LogP contribution in [0.2, 0.25) is 0 Å². The van der Waals surface area contributed by atoms with E-state index in [1.807, 2.05) is 0 Å². The van der Waals surface area contributed by atoms with Gasteiger partial charge in [0.2, 0.25) is 0 Å². The minimum atomic E-state index is -0.0790. The van der Waals surface area contributed by atoms with Gasteiger partial charge in [-0.2, -0.15) is 0 Å². The number of nitrogens with zero attached hydrogens (tertiary/aromatic N) is 2. The van der Waals surface area contributed by atoms with Crippen LogP contribution < -0.4 is 0 Å². The van der Waals surface area contributed by atoms with Crippen LogP contribution in [0.3, 0.4) is 0 Å². The first kappa shape index (κ1) is 11.6. The predicted molar refractivity (Wildman–Crippen MR) is 65.7 cm³/mol. The highest BCUT2D eigenvalue weighted by molar-refractivity contribution is 5.21. The minimum absolute atomic E-state index is 0.0790. The molecule has 0 unspecified atom stereocenters. The summed E-state index contributed by atoms with van der Waals surface area (Å²) in [5, 5.41) is 11.7. The van der Waals surface area contributed by atoms with Crippen molar-refractivity contribution < 1.29 is 4.65 Å². The zero-order chi connectivity index (χ0) is 11.6. The molecule has 1 heterocycles. The van der Waals surface area contributed by atoms with E-state index in [-0.39, 0.29) is 4.65 Å². The lowest BCUT2D eigenvalue weighted by atomic mass is 10.1. The van der Waals surface area contributed by atoms with Crippen LogP contribution in [0.1, 0.15) is 11.1 Å². The summed E-state index contributed by atoms with van der Waals surface area (Å²) < 4.78 is -0.0790. The zero-order valence-corrected chi connectivity index (χ0v) is 10.1. The molecule has 2 rings (SSSR count). The third-order valence-electron chi connectivity index (χ3n) is 3.31. The van der Waals surface area contributed by atoms with E-state index < -0.39 is 0 Å². The molecule has 0 atom stereocenters. The first-order chi connectivity index (χ1) is 7.55. The Labute approximate surface area is 97.5 Å². The van der Waals surface area contributed by atoms with Crippen LogP contribution in [0, 0.1) is 12.1 Å². The van der Waals surface area contributed by atoms with Crippen molar-refractivity contribution in [1.82, 2.24) is 4.90 Å². The Hall–Kier alpha value is -0.900. The van der Waals surface area contributed by atoms with Crippen LogP contribution in [-0.2, 0) is 6.54 Å². The Balaban J connectivity index is 1.89. The fraction of sp³-hybridized carbons (Fsp3) is 0.538. The minimum Gasteiger partial charge on any atom is -0.633 e. The summed E-state index contributed by atoms with van der Waals surface area (Å²) in [4.78, 5) is 2.36. The average Bonchev–Trinajstić information content (AvgIpc) is 2.24. The van der Waals surface area contributed by atoms with Crippen molar-refractivity contribution >= 4 is 0 Å². The van der Waals surface area contributed by atoms with Crippen molar-refractivity contribution in [2.75, 3.05) is 33.2 Å². The number of likely N-dealkylation sites (N-methyl/N-ethyl adjacent to an activating group) is 1. The maximum atomic E-state index is 11.7. The maximum Gasteiger partial charge on any atom is 0.0911 e. The van der Waals surface area contributed by atoms with E-state index >= 15 is 0 Å². The quantitative estimate of drug-likeness (QED) is 0.561. The molecule has 0 saturated carbocycles. The highest BCUT2D eigenvalue weighted by Gasteiger charge is 2.20. The Kier molecular flexibility index (Phi) is 3.28. The molecule has 0 aliphatic carbocycles. The van der Waals surface area contributed by atoms with Gasteiger partial charge in [0, 0.05) is 19.6 Å². The van der Waals surface area contributed by atoms with Gasteiger partial charge in [-0.1, -0.05) is 29.8 Å². The number of hydroxylamine groups is 3. The maximum absolute atomic E-state index is 11.7. The standard InChI is InChI=1S/C13H20N2O/c1-12-3-5-13(6-4-12)11-14-7-9-15(2,16)10-8-14/h3-6H,7-11H2,1-2H3. The van der Waals surface area contributed by atoms with Crippen molar-refractivity contribution in [2.24, 2.45) is 0 Å². The smallest absolute Gasteiger partial charge is 0.0911 e. The number of hydrogen-bond acceptors (Lipinski definition) is 2. The molecule has 0 N–H and O–H groups in total. The topological polar surface area (TPSA) is 26.3 Å². The summed E-state index contributed by atoms with van der Waals surface area (Å²) in [5.74, 6) is 0. The van der Waals surface area contributed by atoms with Gasteiger partial charge in [0.05, 0.1) is 20.1 Å². The number of aryl methyl sites for hydroxylation is 1. The lowest BCUT2D eigenvalue weighted by Gasteiger charge is -2.45. The summed E-state index contributed by atoms with van der Waals surface area (Å²) in [7, 11) is 1.77. The molecule has 1 fully saturated rings. The molecule has 1 saturated heterocycles. The fourth-order valence-electron chi connectivity index (χ4n) is 2.04. The monoisotopic (exact) mass is 220 g/mol. The number of benzene rings is 1. The molecule has 3 nitrogen and oxygen atoms in total. The molecule has 0 bridgehead atoms. The second kappa shape index (κ2) is 4.53. The summed E-state index contributed by atoms with van der Waals surface area (Å²) >= 11 is 0. The van der Waals surface area contributed by atoms with Crippen LogP contribution in [0.4, 0.5) is 0 Å². The Morgan fingerprint density at radius 3 is 2.31 bits per heavy atom. The number of rotatable bonds is 2. The van der Waals surface area contributed by atoms with Gasteiger partial charge in [0.15, 0.2) is 0 Å². The first-order valence-corrected chi connectivity index (χ1v) is 5.89. The fourth-order valence-corrected chi connectivity index (χ4v) is 2.04. The van der Waals surface area contributed by atoms with Crippen molar-refractivity contribution in [1.29, 1.82) is 0 Å². The van der Waals surface area contributed by atoms with Crippen LogP contribution in [0.5, 0.6) is 0 Å². The number of hydrogen-bond donors (Lipinski definition) is 0. The highest BCUT2D eigenvalue weighted by Crippen LogP contribution is 2.12. The summed E-state index contributed by atoms with van der Waals surface area (Å²) in [5.41, 5.74) is 2.64. The second-order valence-corrected chi connectivity index (χ2v) is 5.01. The molecule has 16 heavy (non-hydrogen) atoms. The molecule has 0 spiro atoms. The molecular formula is C13H20N2O. The Bertz CT molecular complexity index is 335. The summed E-state index contributed by atoms with van der Waals surface area (Å²) in [6.07, 6.45) is 0. The first-order valence-electron chi connectivity index (χ1n) is 5.89. The van der Waals surface area contributed by atoms with Crippen molar-refractivity contribution in [2.45, 2.75) is 13.5 Å². The van der Waals surface area contributed by atoms with E-state index in [0.717, 1.165) is 19.6 Å². The molecule has 1 aromatic rings. The Morgan fingerprint density at radius 2 is 1.75 bits per heavy atom. The predicted octanol–water partition coefficient (Wildman–Crippen LogP) is 1.76. The molecule has 0 aromatic heterocycles. The van der Waals surface area contributed by atoms with Crippen LogP contribution in [-0.4, -0.2) is 42.8 Å². The molecule has 0 amide bonds. The summed E-state index contributed by atoms with van der Waals surface area (Å²) in [6, 6.07) is 8.64. The molecular weight excluding hydrogens is 200 g/mol. The van der Waals surface area contributed by atoms with E-state index in [1.165, 1.54) is 11.1 Å². The third-order valence-corrected chi connectivity index (χ3v) is 3.31. The second-order valence-electron chi connectivity index (χ2n) is 5.01. The van der Waals surface area contributed by atoms with Gasteiger partial charge < -0.3 is 9.85 Å². The van der Waals surface area contributed by atoms with Crippen molar-refractivity contribution in [3.8, 4) is 0 Å². The third kappa shape index (κ3) is 3.04. The van der Waals surface area contributed by atoms with E-state index in [4.69, 9.17) is 0 Å². The van der Waals surface area contributed by atoms with E-state index in [9.17, 15) is 5.21 Å². The van der Waals surface area contributed by atoms with Crippen LogP contribution in [0.15, 0.2) is 24.3 Å². The average molecular weight is 220 g/mol. The van der Waals surface area contributed by atoms with E-state index in [1.54, 1.807) is 7.05 Å². The normalized spacial score (nSPS) is 20.9. The zero-order valence-electron chi connectivity index (χ0n) is 10.1. The van der Waals surface area contributed by atoms with Crippen LogP contribution in [0.25, 0.3) is 0 Å². The lowest BCUT2D eigenvalue weighted by Crippen LogP contribution is -2.53. The molecule has 1 aliphatic rings. The van der Waals surface area contributed by atoms with E-state index in [0.29, 0.717) is 13.1 Å². The highest BCUT2D eigenvalue weighted by atomic mass is 16.5. The Morgan fingerprint density at radius 1 is 1.19 bits per heavy atom. The van der Waals surface area contributed by atoms with Gasteiger partial charge in [-0.15, -0.1) is 0 Å². The van der Waals surface area contributed by atoms with Crippen molar-refractivity contribution in [3.05, 3.63) is 40.6 Å². The SMILES string of the molecule is Cc1ccc(CN2CC[N+](C)([O-])CC2)cc1. The van der Waals surface area contributed by atoms with E-state index in [2.05, 4.69) is 36.1 Å². The number of quaternary nitrogens is 1.